The van der Waals surface area contributed by atoms with E-state index in [0.29, 0.717) is 26.9 Å². The minimum atomic E-state index is -0.591. The lowest BCUT2D eigenvalue weighted by Gasteiger charge is -2.15. The summed E-state index contributed by atoms with van der Waals surface area (Å²) in [5.74, 6) is -1.64. The summed E-state index contributed by atoms with van der Waals surface area (Å²) in [7, 11) is 0. The number of nitrogens with zero attached hydrogens (tertiary/aromatic N) is 3. The van der Waals surface area contributed by atoms with Crippen LogP contribution in [0.2, 0.25) is 10.0 Å². The maximum atomic E-state index is 13.7. The third-order valence-electron chi connectivity index (χ3n) is 4.97. The number of hydrogen-bond acceptors (Lipinski definition) is 3. The number of benzene rings is 3. The summed E-state index contributed by atoms with van der Waals surface area (Å²) in [6.07, 6.45) is 2.03. The molecule has 0 amide bonds. The first-order valence-electron chi connectivity index (χ1n) is 9.79. The Morgan fingerprint density at radius 1 is 0.875 bits per heavy atom. The maximum Gasteiger partial charge on any atom is 0.188 e. The largest absolute Gasteiger partial charge is 0.292 e. The SMILES string of the molecule is O=C(c1cn(-c2cc(Cl)cc(Cl)c2)nn1)C(Cc1cccc(F)c1)Cc1cccc(F)c1. The molecule has 0 spiro atoms. The molecule has 0 saturated carbocycles. The quantitative estimate of drug-likeness (QED) is 0.304. The van der Waals surface area contributed by atoms with Gasteiger partial charge in [-0.1, -0.05) is 52.7 Å². The second kappa shape index (κ2) is 9.59. The zero-order valence-corrected chi connectivity index (χ0v) is 18.2. The maximum absolute atomic E-state index is 13.7. The second-order valence-corrected chi connectivity index (χ2v) is 8.28. The number of hydrogen-bond donors (Lipinski definition) is 0. The molecule has 0 aliphatic carbocycles. The van der Waals surface area contributed by atoms with Crippen LogP contribution >= 0.6 is 23.2 Å². The van der Waals surface area contributed by atoms with Crippen LogP contribution in [0, 0.1) is 17.6 Å². The summed E-state index contributed by atoms with van der Waals surface area (Å²) >= 11 is 12.1. The highest BCUT2D eigenvalue weighted by molar-refractivity contribution is 6.34. The van der Waals surface area contributed by atoms with Crippen LogP contribution in [0.4, 0.5) is 8.78 Å². The van der Waals surface area contributed by atoms with E-state index in [1.807, 2.05) is 0 Å². The lowest BCUT2D eigenvalue weighted by Crippen LogP contribution is -2.21. The van der Waals surface area contributed by atoms with Gasteiger partial charge >= 0.3 is 0 Å². The highest BCUT2D eigenvalue weighted by Gasteiger charge is 2.24. The third-order valence-corrected chi connectivity index (χ3v) is 5.41. The van der Waals surface area contributed by atoms with Crippen molar-refractivity contribution in [1.82, 2.24) is 15.0 Å². The first-order chi connectivity index (χ1) is 15.4. The molecule has 0 aliphatic rings. The summed E-state index contributed by atoms with van der Waals surface area (Å²) in [6, 6.07) is 17.0. The molecule has 0 unspecified atom stereocenters. The Bertz CT molecular complexity index is 1210. The number of Topliss-reactive ketones (excluding diaryl/α,β-unsaturated/α-hetero) is 1. The molecule has 1 heterocycles. The van der Waals surface area contributed by atoms with Crippen LogP contribution in [0.25, 0.3) is 5.69 Å². The first kappa shape index (κ1) is 22.1. The number of rotatable bonds is 7. The molecule has 8 heteroatoms. The van der Waals surface area contributed by atoms with Crippen molar-refractivity contribution in [2.45, 2.75) is 12.8 Å². The molecule has 0 N–H and O–H groups in total. The van der Waals surface area contributed by atoms with E-state index in [4.69, 9.17) is 23.2 Å². The van der Waals surface area contributed by atoms with E-state index in [1.165, 1.54) is 35.1 Å². The van der Waals surface area contributed by atoms with Crippen molar-refractivity contribution in [2.24, 2.45) is 5.92 Å². The Labute approximate surface area is 193 Å². The summed E-state index contributed by atoms with van der Waals surface area (Å²) in [6.45, 7) is 0. The number of carbonyl (C=O) groups is 1. The molecule has 0 fully saturated rings. The average Bonchev–Trinajstić information content (AvgIpc) is 3.22. The number of aromatic nitrogens is 3. The Morgan fingerprint density at radius 3 is 1.97 bits per heavy atom. The van der Waals surface area contributed by atoms with Gasteiger partial charge in [0.15, 0.2) is 5.78 Å². The van der Waals surface area contributed by atoms with Crippen LogP contribution < -0.4 is 0 Å². The fraction of sp³-hybridized carbons (Fsp3) is 0.125. The third kappa shape index (κ3) is 5.39. The molecular weight excluding hydrogens is 455 g/mol. The fourth-order valence-electron chi connectivity index (χ4n) is 3.54. The molecule has 0 aliphatic heterocycles. The summed E-state index contributed by atoms with van der Waals surface area (Å²) < 4.78 is 28.8. The smallest absolute Gasteiger partial charge is 0.188 e. The molecule has 4 nitrogen and oxygen atoms in total. The van der Waals surface area contributed by atoms with Crippen molar-refractivity contribution >= 4 is 29.0 Å². The van der Waals surface area contributed by atoms with Gasteiger partial charge in [-0.15, -0.1) is 5.10 Å². The van der Waals surface area contributed by atoms with Crippen molar-refractivity contribution in [2.75, 3.05) is 0 Å². The van der Waals surface area contributed by atoms with Gasteiger partial charge in [-0.2, -0.15) is 0 Å². The van der Waals surface area contributed by atoms with E-state index < -0.39 is 5.92 Å². The van der Waals surface area contributed by atoms with Gasteiger partial charge in [0.25, 0.3) is 0 Å². The Kier molecular flexibility index (Phi) is 6.63. The van der Waals surface area contributed by atoms with Crippen molar-refractivity contribution in [1.29, 1.82) is 0 Å². The van der Waals surface area contributed by atoms with Gasteiger partial charge in [-0.3, -0.25) is 4.79 Å². The van der Waals surface area contributed by atoms with Crippen LogP contribution in [0.15, 0.2) is 72.9 Å². The van der Waals surface area contributed by atoms with Gasteiger partial charge in [0.05, 0.1) is 11.9 Å². The van der Waals surface area contributed by atoms with E-state index in [-0.39, 0.29) is 36.0 Å². The van der Waals surface area contributed by atoms with Crippen molar-refractivity contribution in [3.8, 4) is 5.69 Å². The minimum Gasteiger partial charge on any atom is -0.292 e. The Morgan fingerprint density at radius 2 is 1.44 bits per heavy atom. The van der Waals surface area contributed by atoms with Crippen molar-refractivity contribution < 1.29 is 13.6 Å². The second-order valence-electron chi connectivity index (χ2n) is 7.41. The van der Waals surface area contributed by atoms with E-state index in [0.717, 1.165) is 0 Å². The number of carbonyl (C=O) groups excluding carboxylic acids is 1. The van der Waals surface area contributed by atoms with Gasteiger partial charge in [0.2, 0.25) is 0 Å². The minimum absolute atomic E-state index is 0.138. The van der Waals surface area contributed by atoms with Gasteiger partial charge in [0.1, 0.15) is 17.3 Å². The molecule has 0 bridgehead atoms. The predicted molar refractivity (Wildman–Crippen MR) is 119 cm³/mol. The molecular formula is C24H17Cl2F2N3O. The highest BCUT2D eigenvalue weighted by Crippen LogP contribution is 2.23. The van der Waals surface area contributed by atoms with E-state index in [1.54, 1.807) is 42.5 Å². The van der Waals surface area contributed by atoms with Crippen LogP contribution in [0.5, 0.6) is 0 Å². The lowest BCUT2D eigenvalue weighted by molar-refractivity contribution is 0.0913. The van der Waals surface area contributed by atoms with E-state index in [2.05, 4.69) is 10.3 Å². The molecule has 0 saturated heterocycles. The van der Waals surface area contributed by atoms with Crippen LogP contribution in [0.1, 0.15) is 21.6 Å². The topological polar surface area (TPSA) is 47.8 Å². The fourth-order valence-corrected chi connectivity index (χ4v) is 4.05. The van der Waals surface area contributed by atoms with E-state index in [9.17, 15) is 13.6 Å². The predicted octanol–water partition coefficient (Wildman–Crippen LogP) is 6.14. The summed E-state index contributed by atoms with van der Waals surface area (Å²) in [4.78, 5) is 13.3. The molecule has 162 valence electrons. The number of halogens is 4. The molecule has 32 heavy (non-hydrogen) atoms. The first-order valence-corrected chi connectivity index (χ1v) is 10.5. The van der Waals surface area contributed by atoms with Gasteiger partial charge in [-0.05, 0) is 66.4 Å². The standard InChI is InChI=1S/C24H17Cl2F2N3O/c25-18-11-19(26)13-22(12-18)31-14-23(29-30-31)24(32)17(7-15-3-1-5-20(27)9-15)8-16-4-2-6-21(28)10-16/h1-6,9-14,17H,7-8H2. The van der Waals surface area contributed by atoms with Crippen molar-refractivity contribution in [3.05, 3.63) is 111 Å². The zero-order valence-electron chi connectivity index (χ0n) is 16.7. The van der Waals surface area contributed by atoms with Crippen LogP contribution in [0.3, 0.4) is 0 Å². The van der Waals surface area contributed by atoms with Gasteiger partial charge in [0, 0.05) is 16.0 Å². The number of ketones is 1. The summed E-state index contributed by atoms with van der Waals surface area (Å²) in [5.41, 5.74) is 2.02. The normalized spacial score (nSPS) is 11.2. The average molecular weight is 472 g/mol. The van der Waals surface area contributed by atoms with Gasteiger partial charge in [-0.25, -0.2) is 13.5 Å². The summed E-state index contributed by atoms with van der Waals surface area (Å²) in [5, 5.41) is 8.89. The van der Waals surface area contributed by atoms with Gasteiger partial charge < -0.3 is 0 Å². The lowest BCUT2D eigenvalue weighted by atomic mass is 9.88. The zero-order chi connectivity index (χ0) is 22.7. The molecule has 0 atom stereocenters. The van der Waals surface area contributed by atoms with Crippen molar-refractivity contribution in [3.63, 3.8) is 0 Å². The molecule has 4 aromatic rings. The monoisotopic (exact) mass is 471 g/mol. The molecule has 1 aromatic heterocycles. The van der Waals surface area contributed by atoms with Crippen LogP contribution in [-0.2, 0) is 12.8 Å². The molecule has 4 rings (SSSR count). The van der Waals surface area contributed by atoms with E-state index >= 15 is 0 Å². The highest BCUT2D eigenvalue weighted by atomic mass is 35.5. The Hall–Kier alpha value is -3.09. The van der Waals surface area contributed by atoms with Crippen LogP contribution in [-0.4, -0.2) is 20.8 Å². The molecule has 0 radical (unpaired) electrons. The Balaban J connectivity index is 1.64. The molecule has 3 aromatic carbocycles.